The van der Waals surface area contributed by atoms with Crippen molar-refractivity contribution in [2.24, 2.45) is 0 Å². The molecule has 1 aromatic heterocycles. The van der Waals surface area contributed by atoms with Crippen LogP contribution in [-0.2, 0) is 20.8 Å². The smallest absolute Gasteiger partial charge is 0.305 e. The van der Waals surface area contributed by atoms with E-state index in [4.69, 9.17) is 4.74 Å². The van der Waals surface area contributed by atoms with Crippen molar-refractivity contribution in [3.05, 3.63) is 34.3 Å². The highest BCUT2D eigenvalue weighted by Crippen LogP contribution is 2.29. The number of aromatic nitrogens is 1. The topological polar surface area (TPSA) is 91.7 Å². The van der Waals surface area contributed by atoms with E-state index in [1.165, 1.54) is 14.2 Å². The second kappa shape index (κ2) is 6.60. The van der Waals surface area contributed by atoms with Crippen LogP contribution in [0.4, 0.5) is 0 Å². The molecule has 1 heterocycles. The number of aldehydes is 1. The Labute approximate surface area is 132 Å². The third-order valence-electron chi connectivity index (χ3n) is 3.85. The molecule has 0 amide bonds. The number of ether oxygens (including phenoxy) is 2. The number of esters is 1. The molecule has 1 aromatic rings. The van der Waals surface area contributed by atoms with Crippen LogP contribution in [-0.4, -0.2) is 42.6 Å². The van der Waals surface area contributed by atoms with E-state index >= 15 is 0 Å². The lowest BCUT2D eigenvalue weighted by Gasteiger charge is -2.14. The fourth-order valence-electron chi connectivity index (χ4n) is 2.68. The van der Waals surface area contributed by atoms with Crippen LogP contribution in [0.5, 0.6) is 0 Å². The largest absolute Gasteiger partial charge is 0.492 e. The van der Waals surface area contributed by atoms with E-state index in [1.54, 1.807) is 11.5 Å². The molecule has 0 fully saturated rings. The lowest BCUT2D eigenvalue weighted by molar-refractivity contribution is -0.140. The Bertz CT molecular complexity index is 725. The number of Topliss-reactive ketones (excluding diaryl/α,β-unsaturated/α-hetero) is 1. The highest BCUT2D eigenvalue weighted by Gasteiger charge is 2.34. The number of hydrogen-bond acceptors (Lipinski definition) is 6. The third kappa shape index (κ3) is 2.81. The van der Waals surface area contributed by atoms with Gasteiger partial charge in [0, 0.05) is 30.3 Å². The van der Waals surface area contributed by atoms with E-state index in [-0.39, 0.29) is 35.0 Å². The predicted molar refractivity (Wildman–Crippen MR) is 79.6 cm³/mol. The summed E-state index contributed by atoms with van der Waals surface area (Å²) in [4.78, 5) is 47.3. The number of fused-ring (bicyclic) bond motifs is 1. The summed E-state index contributed by atoms with van der Waals surface area (Å²) in [5.41, 5.74) is 0.932. The molecule has 7 heteroatoms. The molecular formula is C16H17NO6. The van der Waals surface area contributed by atoms with Crippen LogP contribution in [0.1, 0.15) is 49.7 Å². The Kier molecular flexibility index (Phi) is 4.78. The fourth-order valence-corrected chi connectivity index (χ4v) is 2.68. The van der Waals surface area contributed by atoms with E-state index in [1.807, 2.05) is 0 Å². The minimum Gasteiger partial charge on any atom is -0.492 e. The van der Waals surface area contributed by atoms with Gasteiger partial charge in [-0.2, -0.15) is 0 Å². The maximum absolute atomic E-state index is 12.4. The van der Waals surface area contributed by atoms with Crippen molar-refractivity contribution in [3.63, 3.8) is 0 Å². The molecule has 0 spiro atoms. The van der Waals surface area contributed by atoms with Gasteiger partial charge in [0.1, 0.15) is 5.69 Å². The Balaban J connectivity index is 2.44. The highest BCUT2D eigenvalue weighted by molar-refractivity contribution is 6.25. The first-order valence-electron chi connectivity index (χ1n) is 7.06. The van der Waals surface area contributed by atoms with Gasteiger partial charge in [0.15, 0.2) is 12.0 Å². The zero-order chi connectivity index (χ0) is 17.1. The van der Waals surface area contributed by atoms with E-state index in [2.05, 4.69) is 4.74 Å². The van der Waals surface area contributed by atoms with Gasteiger partial charge in [-0.25, -0.2) is 0 Å². The summed E-state index contributed by atoms with van der Waals surface area (Å²) in [6.45, 7) is 1.99. The third-order valence-corrected chi connectivity index (χ3v) is 3.85. The Morgan fingerprint density at radius 3 is 2.57 bits per heavy atom. The van der Waals surface area contributed by atoms with Crippen molar-refractivity contribution in [2.45, 2.75) is 26.3 Å². The van der Waals surface area contributed by atoms with Gasteiger partial charge in [0.05, 0.1) is 19.8 Å². The number of hydrogen-bond donors (Lipinski definition) is 0. The first-order chi connectivity index (χ1) is 11.0. The normalized spacial score (nSPS) is 13.4. The van der Waals surface area contributed by atoms with Crippen molar-refractivity contribution in [2.75, 3.05) is 14.2 Å². The summed E-state index contributed by atoms with van der Waals surface area (Å²) in [5, 5.41) is 0. The number of methoxy groups -OCH3 is 2. The summed E-state index contributed by atoms with van der Waals surface area (Å²) in [7, 11) is 2.59. The van der Waals surface area contributed by atoms with Gasteiger partial charge in [0.2, 0.25) is 11.6 Å². The highest BCUT2D eigenvalue weighted by atomic mass is 16.5. The SMILES string of the molecule is COC(=O)CCCn1c(C)c(C=O)c2c1C(=O)C=C(OC)C2=O. The quantitative estimate of drug-likeness (QED) is 0.582. The Hall–Kier alpha value is -2.70. The van der Waals surface area contributed by atoms with Gasteiger partial charge in [-0.15, -0.1) is 0 Å². The molecule has 0 saturated carbocycles. The first kappa shape index (κ1) is 16.7. The molecule has 1 aliphatic carbocycles. The van der Waals surface area contributed by atoms with Crippen molar-refractivity contribution in [1.29, 1.82) is 0 Å². The summed E-state index contributed by atoms with van der Waals surface area (Å²) in [5.74, 6) is -1.33. The number of allylic oxidation sites excluding steroid dienone is 2. The molecule has 0 N–H and O–H groups in total. The average molecular weight is 319 g/mol. The van der Waals surface area contributed by atoms with Gasteiger partial charge >= 0.3 is 5.97 Å². The van der Waals surface area contributed by atoms with E-state index in [9.17, 15) is 19.2 Å². The van der Waals surface area contributed by atoms with Gasteiger partial charge in [-0.05, 0) is 13.3 Å². The predicted octanol–water partition coefficient (Wildman–Crippen LogP) is 1.47. The van der Waals surface area contributed by atoms with Crippen LogP contribution >= 0.6 is 0 Å². The second-order valence-corrected chi connectivity index (χ2v) is 5.08. The minimum absolute atomic E-state index is 0.0694. The van der Waals surface area contributed by atoms with Crippen molar-refractivity contribution < 1.29 is 28.7 Å². The number of nitrogens with zero attached hydrogens (tertiary/aromatic N) is 1. The first-order valence-corrected chi connectivity index (χ1v) is 7.06. The number of rotatable bonds is 6. The lowest BCUT2D eigenvalue weighted by Crippen LogP contribution is -2.21. The van der Waals surface area contributed by atoms with E-state index in [0.29, 0.717) is 24.9 Å². The van der Waals surface area contributed by atoms with Crippen LogP contribution in [0.2, 0.25) is 0 Å². The molecule has 0 bridgehead atoms. The standard InChI is InChI=1S/C16H17NO6/c1-9-10(8-18)14-15(11(19)7-12(22-2)16(14)21)17(9)6-4-5-13(20)23-3/h7-8H,4-6H2,1-3H3. The molecule has 122 valence electrons. The van der Waals surface area contributed by atoms with E-state index < -0.39 is 11.6 Å². The number of carbonyl (C=O) groups excluding carboxylic acids is 4. The molecule has 23 heavy (non-hydrogen) atoms. The van der Waals surface area contributed by atoms with Gasteiger partial charge in [-0.1, -0.05) is 0 Å². The lowest BCUT2D eigenvalue weighted by atomic mass is 9.96. The van der Waals surface area contributed by atoms with Crippen LogP contribution in [0.3, 0.4) is 0 Å². The van der Waals surface area contributed by atoms with Crippen molar-refractivity contribution in [1.82, 2.24) is 4.57 Å². The van der Waals surface area contributed by atoms with Gasteiger partial charge in [0.25, 0.3) is 0 Å². The fraction of sp³-hybridized carbons (Fsp3) is 0.375. The summed E-state index contributed by atoms with van der Waals surface area (Å²) in [6, 6.07) is 0. The minimum atomic E-state index is -0.487. The molecule has 0 unspecified atom stereocenters. The second-order valence-electron chi connectivity index (χ2n) is 5.08. The number of carbonyl (C=O) groups is 4. The average Bonchev–Trinajstić information content (AvgIpc) is 2.83. The van der Waals surface area contributed by atoms with Gasteiger partial charge in [-0.3, -0.25) is 19.2 Å². The molecular weight excluding hydrogens is 302 g/mol. The van der Waals surface area contributed by atoms with Crippen LogP contribution in [0.15, 0.2) is 11.8 Å². The molecule has 0 radical (unpaired) electrons. The summed E-state index contributed by atoms with van der Waals surface area (Å²) < 4.78 is 11.1. The molecule has 0 aromatic carbocycles. The van der Waals surface area contributed by atoms with Crippen LogP contribution in [0, 0.1) is 6.92 Å². The Morgan fingerprint density at radius 2 is 2.00 bits per heavy atom. The van der Waals surface area contributed by atoms with Crippen LogP contribution in [0.25, 0.3) is 0 Å². The number of ketones is 2. The van der Waals surface area contributed by atoms with E-state index in [0.717, 1.165) is 6.08 Å². The molecule has 0 aliphatic heterocycles. The summed E-state index contributed by atoms with van der Waals surface area (Å²) in [6.07, 6.45) is 2.29. The maximum Gasteiger partial charge on any atom is 0.305 e. The maximum atomic E-state index is 12.4. The summed E-state index contributed by atoms with van der Waals surface area (Å²) >= 11 is 0. The van der Waals surface area contributed by atoms with Crippen molar-refractivity contribution >= 4 is 23.8 Å². The van der Waals surface area contributed by atoms with Crippen LogP contribution < -0.4 is 0 Å². The Morgan fingerprint density at radius 1 is 1.30 bits per heavy atom. The monoisotopic (exact) mass is 319 g/mol. The molecule has 0 atom stereocenters. The molecule has 1 aliphatic rings. The zero-order valence-electron chi connectivity index (χ0n) is 13.2. The molecule has 0 saturated heterocycles. The zero-order valence-corrected chi connectivity index (χ0v) is 13.2. The van der Waals surface area contributed by atoms with Gasteiger partial charge < -0.3 is 14.0 Å². The molecule has 2 rings (SSSR count). The van der Waals surface area contributed by atoms with Crippen molar-refractivity contribution in [3.8, 4) is 0 Å². The molecule has 7 nitrogen and oxygen atoms in total.